The van der Waals surface area contributed by atoms with E-state index in [4.69, 9.17) is 14.6 Å². The largest absolute Gasteiger partial charge is 0.497 e. The Bertz CT molecular complexity index is 578. The van der Waals surface area contributed by atoms with Gasteiger partial charge in [0.25, 0.3) is 0 Å². The van der Waals surface area contributed by atoms with Gasteiger partial charge in [0, 0.05) is 6.20 Å². The summed E-state index contributed by atoms with van der Waals surface area (Å²) in [4.78, 5) is 12.0. The molecule has 2 rings (SSSR count). The summed E-state index contributed by atoms with van der Waals surface area (Å²) >= 11 is 0. The zero-order valence-electron chi connectivity index (χ0n) is 12.7. The van der Waals surface area contributed by atoms with Crippen molar-refractivity contribution >= 4 is 11.7 Å². The highest BCUT2D eigenvalue weighted by atomic mass is 16.5. The van der Waals surface area contributed by atoms with Crippen LogP contribution in [0.3, 0.4) is 0 Å². The number of ether oxygens (including phenoxy) is 2. The van der Waals surface area contributed by atoms with Crippen molar-refractivity contribution in [3.05, 3.63) is 47.7 Å². The van der Waals surface area contributed by atoms with Gasteiger partial charge < -0.3 is 14.6 Å². The number of benzene rings is 1. The molecule has 1 heterocycles. The second-order valence-corrected chi connectivity index (χ2v) is 4.62. The van der Waals surface area contributed by atoms with E-state index >= 15 is 0 Å². The van der Waals surface area contributed by atoms with Gasteiger partial charge in [0.1, 0.15) is 5.75 Å². The summed E-state index contributed by atoms with van der Waals surface area (Å²) < 4.78 is 10.2. The standard InChI is InChI=1S/C16H20N2O4/c1-3-22-16(20)13-10-15(17-18(11-13)8-9-19)12-4-6-14(21-2)7-5-12/h4-7,10-11,17,19H,3,8-9H2,1-2H3. The smallest absolute Gasteiger partial charge is 0.339 e. The van der Waals surface area contributed by atoms with Crippen molar-refractivity contribution in [1.29, 1.82) is 0 Å². The Labute approximate surface area is 129 Å². The van der Waals surface area contributed by atoms with Crippen molar-refractivity contribution < 1.29 is 19.4 Å². The van der Waals surface area contributed by atoms with Gasteiger partial charge in [0.05, 0.1) is 38.1 Å². The molecule has 1 aromatic carbocycles. The fraction of sp³-hybridized carbons (Fsp3) is 0.312. The molecule has 0 spiro atoms. The number of nitrogens with one attached hydrogen (secondary N) is 1. The second-order valence-electron chi connectivity index (χ2n) is 4.62. The van der Waals surface area contributed by atoms with E-state index < -0.39 is 5.97 Å². The fourth-order valence-electron chi connectivity index (χ4n) is 2.05. The summed E-state index contributed by atoms with van der Waals surface area (Å²) in [7, 11) is 1.61. The molecule has 1 aromatic rings. The first-order valence-corrected chi connectivity index (χ1v) is 7.07. The Morgan fingerprint density at radius 2 is 2.05 bits per heavy atom. The number of esters is 1. The van der Waals surface area contributed by atoms with Crippen LogP contribution < -0.4 is 10.2 Å². The quantitative estimate of drug-likeness (QED) is 0.772. The molecule has 2 N–H and O–H groups in total. The number of aliphatic hydroxyl groups is 1. The maximum atomic E-state index is 12.0. The zero-order chi connectivity index (χ0) is 15.9. The van der Waals surface area contributed by atoms with Gasteiger partial charge >= 0.3 is 5.97 Å². The summed E-state index contributed by atoms with van der Waals surface area (Å²) in [5, 5.41) is 10.8. The first-order chi connectivity index (χ1) is 10.7. The van der Waals surface area contributed by atoms with E-state index in [0.29, 0.717) is 18.7 Å². The highest BCUT2D eigenvalue weighted by molar-refractivity contribution is 5.94. The van der Waals surface area contributed by atoms with E-state index in [-0.39, 0.29) is 6.61 Å². The SMILES string of the molecule is CCOC(=O)C1=CN(CCO)NC(c2ccc(OC)cc2)=C1. The molecule has 0 aromatic heterocycles. The average molecular weight is 304 g/mol. The maximum absolute atomic E-state index is 12.0. The fourth-order valence-corrected chi connectivity index (χ4v) is 2.05. The topological polar surface area (TPSA) is 71.0 Å². The van der Waals surface area contributed by atoms with Gasteiger partial charge in [0.15, 0.2) is 0 Å². The summed E-state index contributed by atoms with van der Waals surface area (Å²) in [6, 6.07) is 7.47. The first-order valence-electron chi connectivity index (χ1n) is 7.07. The van der Waals surface area contributed by atoms with Crippen LogP contribution in [0.25, 0.3) is 5.70 Å². The third-order valence-electron chi connectivity index (χ3n) is 3.11. The van der Waals surface area contributed by atoms with Crippen molar-refractivity contribution in [1.82, 2.24) is 10.4 Å². The van der Waals surface area contributed by atoms with E-state index in [1.165, 1.54) is 0 Å². The molecule has 6 heteroatoms. The maximum Gasteiger partial charge on any atom is 0.339 e. The number of hydrogen-bond donors (Lipinski definition) is 2. The Kier molecular flexibility index (Phi) is 5.43. The van der Waals surface area contributed by atoms with Gasteiger partial charge in [-0.1, -0.05) is 0 Å². The molecule has 0 saturated heterocycles. The molecule has 6 nitrogen and oxygen atoms in total. The Balaban J connectivity index is 2.28. The van der Waals surface area contributed by atoms with E-state index in [0.717, 1.165) is 17.0 Å². The molecule has 0 aliphatic carbocycles. The average Bonchev–Trinajstić information content (AvgIpc) is 2.55. The van der Waals surface area contributed by atoms with Crippen LogP contribution in [0.4, 0.5) is 0 Å². The lowest BCUT2D eigenvalue weighted by Crippen LogP contribution is -2.37. The number of β-amino-alcohol motifs (C(OH)–C–C–N with tert-alkyl or cyclic N) is 1. The number of hydrogen-bond acceptors (Lipinski definition) is 6. The van der Waals surface area contributed by atoms with E-state index in [9.17, 15) is 4.79 Å². The van der Waals surface area contributed by atoms with Crippen LogP contribution in [0.1, 0.15) is 12.5 Å². The van der Waals surface area contributed by atoms with E-state index in [1.54, 1.807) is 31.3 Å². The van der Waals surface area contributed by atoms with Crippen LogP contribution in [-0.4, -0.2) is 43.0 Å². The molecule has 118 valence electrons. The highest BCUT2D eigenvalue weighted by Crippen LogP contribution is 2.22. The molecular formula is C16H20N2O4. The number of rotatable bonds is 6. The van der Waals surface area contributed by atoms with E-state index in [2.05, 4.69) is 5.43 Å². The van der Waals surface area contributed by atoms with Gasteiger partial charge in [-0.15, -0.1) is 0 Å². The molecule has 0 amide bonds. The first kappa shape index (κ1) is 15.9. The van der Waals surface area contributed by atoms with Crippen LogP contribution in [0, 0.1) is 0 Å². The molecule has 1 aliphatic heterocycles. The van der Waals surface area contributed by atoms with Gasteiger partial charge in [0.2, 0.25) is 0 Å². The lowest BCUT2D eigenvalue weighted by molar-refractivity contribution is -0.138. The van der Waals surface area contributed by atoms with Crippen LogP contribution in [0.5, 0.6) is 5.75 Å². The molecule has 0 atom stereocenters. The molecule has 0 saturated carbocycles. The monoisotopic (exact) mass is 304 g/mol. The molecule has 0 fully saturated rings. The van der Waals surface area contributed by atoms with Crippen LogP contribution >= 0.6 is 0 Å². The summed E-state index contributed by atoms with van der Waals surface area (Å²) in [5.41, 5.74) is 5.23. The van der Waals surface area contributed by atoms with Crippen molar-refractivity contribution in [2.75, 3.05) is 26.9 Å². The molecule has 0 radical (unpaired) electrons. The predicted molar refractivity (Wildman–Crippen MR) is 82.6 cm³/mol. The van der Waals surface area contributed by atoms with Crippen LogP contribution in [0.2, 0.25) is 0 Å². The molecule has 0 bridgehead atoms. The number of methoxy groups -OCH3 is 1. The highest BCUT2D eigenvalue weighted by Gasteiger charge is 2.18. The molecule has 0 unspecified atom stereocenters. The van der Waals surface area contributed by atoms with Gasteiger partial charge in [-0.25, -0.2) is 4.79 Å². The predicted octanol–water partition coefficient (Wildman–Crippen LogP) is 1.30. The summed E-state index contributed by atoms with van der Waals surface area (Å²) in [5.74, 6) is 0.367. The Hall–Kier alpha value is -2.47. The van der Waals surface area contributed by atoms with Crippen molar-refractivity contribution in [3.8, 4) is 5.75 Å². The second kappa shape index (κ2) is 7.51. The van der Waals surface area contributed by atoms with Gasteiger partial charge in [-0.3, -0.25) is 10.4 Å². The number of nitrogens with zero attached hydrogens (tertiary/aromatic N) is 1. The summed E-state index contributed by atoms with van der Waals surface area (Å²) in [6.07, 6.45) is 3.36. The van der Waals surface area contributed by atoms with E-state index in [1.807, 2.05) is 24.3 Å². The number of carbonyl (C=O) groups is 1. The van der Waals surface area contributed by atoms with Crippen LogP contribution in [0.15, 0.2) is 42.1 Å². The molecule has 1 aliphatic rings. The normalized spacial score (nSPS) is 13.9. The zero-order valence-corrected chi connectivity index (χ0v) is 12.7. The van der Waals surface area contributed by atoms with Crippen molar-refractivity contribution in [2.45, 2.75) is 6.92 Å². The molecular weight excluding hydrogens is 284 g/mol. The number of aliphatic hydroxyl groups excluding tert-OH is 1. The van der Waals surface area contributed by atoms with Crippen molar-refractivity contribution in [3.63, 3.8) is 0 Å². The van der Waals surface area contributed by atoms with Gasteiger partial charge in [-0.05, 0) is 42.8 Å². The third kappa shape index (κ3) is 3.79. The summed E-state index contributed by atoms with van der Waals surface area (Å²) in [6.45, 7) is 2.40. The number of carbonyl (C=O) groups excluding carboxylic acids is 1. The van der Waals surface area contributed by atoms with Crippen molar-refractivity contribution in [2.24, 2.45) is 0 Å². The minimum Gasteiger partial charge on any atom is -0.497 e. The molecule has 22 heavy (non-hydrogen) atoms. The van der Waals surface area contributed by atoms with Gasteiger partial charge in [-0.2, -0.15) is 0 Å². The number of hydrazine groups is 1. The third-order valence-corrected chi connectivity index (χ3v) is 3.11. The minimum atomic E-state index is -0.391. The Morgan fingerprint density at radius 3 is 2.64 bits per heavy atom. The lowest BCUT2D eigenvalue weighted by atomic mass is 10.1. The Morgan fingerprint density at radius 1 is 1.32 bits per heavy atom. The lowest BCUT2D eigenvalue weighted by Gasteiger charge is -2.28. The minimum absolute atomic E-state index is 0.0322. The van der Waals surface area contributed by atoms with Crippen LogP contribution in [-0.2, 0) is 9.53 Å².